The second kappa shape index (κ2) is 9.85. The molecular weight excluding hydrogens is 497 g/mol. The summed E-state index contributed by atoms with van der Waals surface area (Å²) in [4.78, 5) is 12.7. The molecule has 178 valence electrons. The molecule has 8 heteroatoms. The third-order valence-electron chi connectivity index (χ3n) is 5.84. The molecule has 36 heavy (non-hydrogen) atoms. The Balaban J connectivity index is 1.81. The van der Waals surface area contributed by atoms with E-state index in [4.69, 9.17) is 27.9 Å². The van der Waals surface area contributed by atoms with Crippen LogP contribution in [0.15, 0.2) is 109 Å². The Bertz CT molecular complexity index is 1410. The number of carbonyl (C=O) groups is 1. The molecule has 1 aromatic heterocycles. The molecule has 0 amide bonds. The predicted octanol–water partition coefficient (Wildman–Crippen LogP) is 6.92. The summed E-state index contributed by atoms with van der Waals surface area (Å²) in [6.07, 6.45) is 0. The number of nitrogens with zero attached hydrogens (tertiary/aromatic N) is 3. The van der Waals surface area contributed by atoms with E-state index in [1.165, 1.54) is 10.7 Å². The van der Waals surface area contributed by atoms with Crippen molar-refractivity contribution in [2.45, 2.75) is 5.54 Å². The van der Waals surface area contributed by atoms with E-state index >= 15 is 0 Å². The Kier molecular flexibility index (Phi) is 6.46. The van der Waals surface area contributed by atoms with Crippen LogP contribution >= 0.6 is 23.2 Å². The highest BCUT2D eigenvalue weighted by atomic mass is 35.5. The summed E-state index contributed by atoms with van der Waals surface area (Å²) < 4.78 is 7.28. The van der Waals surface area contributed by atoms with Crippen LogP contribution in [0.5, 0.6) is 11.6 Å². The second-order valence-corrected chi connectivity index (χ2v) is 8.76. The summed E-state index contributed by atoms with van der Waals surface area (Å²) in [5, 5.41) is 19.5. The molecule has 0 atom stereocenters. The van der Waals surface area contributed by atoms with E-state index in [1.807, 2.05) is 91.0 Å². The van der Waals surface area contributed by atoms with Crippen LogP contribution in [0.2, 0.25) is 10.0 Å². The van der Waals surface area contributed by atoms with E-state index in [0.717, 1.165) is 16.7 Å². The van der Waals surface area contributed by atoms with Gasteiger partial charge in [0.05, 0.1) is 10.0 Å². The minimum atomic E-state index is -1.25. The van der Waals surface area contributed by atoms with Crippen molar-refractivity contribution in [2.75, 3.05) is 0 Å². The predicted molar refractivity (Wildman–Crippen MR) is 138 cm³/mol. The van der Waals surface area contributed by atoms with Gasteiger partial charge in [-0.05, 0) is 28.8 Å². The highest BCUT2D eigenvalue weighted by Crippen LogP contribution is 2.42. The first-order chi connectivity index (χ1) is 17.5. The van der Waals surface area contributed by atoms with Gasteiger partial charge in [0, 0.05) is 6.07 Å². The molecule has 0 bridgehead atoms. The summed E-state index contributed by atoms with van der Waals surface area (Å²) in [7, 11) is 0. The van der Waals surface area contributed by atoms with Gasteiger partial charge in [0.2, 0.25) is 5.69 Å². The first-order valence-corrected chi connectivity index (χ1v) is 11.8. The number of aromatic carboxylic acids is 1. The molecule has 1 N–H and O–H groups in total. The van der Waals surface area contributed by atoms with Crippen molar-refractivity contribution in [3.8, 4) is 11.6 Å². The lowest BCUT2D eigenvalue weighted by atomic mass is 9.77. The highest BCUT2D eigenvalue weighted by Gasteiger charge is 2.43. The quantitative estimate of drug-likeness (QED) is 0.238. The Morgan fingerprint density at radius 3 is 1.69 bits per heavy atom. The Hall–Kier alpha value is -4.13. The molecule has 4 aromatic carbocycles. The van der Waals surface area contributed by atoms with Crippen molar-refractivity contribution in [1.29, 1.82) is 0 Å². The van der Waals surface area contributed by atoms with Crippen LogP contribution in [0.4, 0.5) is 0 Å². The van der Waals surface area contributed by atoms with E-state index in [9.17, 15) is 9.90 Å². The monoisotopic (exact) mass is 515 g/mol. The molecule has 0 saturated heterocycles. The van der Waals surface area contributed by atoms with Gasteiger partial charge in [-0.2, -0.15) is 0 Å². The maximum Gasteiger partial charge on any atom is 0.360 e. The average Bonchev–Trinajstić information content (AvgIpc) is 3.33. The summed E-state index contributed by atoms with van der Waals surface area (Å²) in [5.41, 5.74) is 1.02. The lowest BCUT2D eigenvalue weighted by Crippen LogP contribution is -2.40. The smallest absolute Gasteiger partial charge is 0.360 e. The Morgan fingerprint density at radius 1 is 0.750 bits per heavy atom. The molecule has 0 aliphatic rings. The van der Waals surface area contributed by atoms with Gasteiger partial charge < -0.3 is 9.84 Å². The van der Waals surface area contributed by atoms with Gasteiger partial charge >= 0.3 is 5.97 Å². The standard InChI is InChI=1S/C28H19Cl2N3O3/c29-23-17-16-22(18-24(23)30)36-26-25(27(34)35)33(32-31-26)28(19-10-4-1-5-11-19,20-12-6-2-7-13-20)21-14-8-3-9-15-21/h1-18H,(H,34,35). The first kappa shape index (κ1) is 23.6. The van der Waals surface area contributed by atoms with Gasteiger partial charge in [0.1, 0.15) is 11.3 Å². The van der Waals surface area contributed by atoms with Gasteiger partial charge in [-0.1, -0.05) is 125 Å². The number of rotatable bonds is 7. The highest BCUT2D eigenvalue weighted by molar-refractivity contribution is 6.42. The SMILES string of the molecule is O=C(O)c1c(Oc2ccc(Cl)c(Cl)c2)nnn1C(c1ccccc1)(c1ccccc1)c1ccccc1. The Labute approximate surface area is 217 Å². The normalized spacial score (nSPS) is 11.3. The molecule has 6 nitrogen and oxygen atoms in total. The molecule has 1 heterocycles. The van der Waals surface area contributed by atoms with Crippen molar-refractivity contribution in [3.63, 3.8) is 0 Å². The number of benzene rings is 4. The van der Waals surface area contributed by atoms with Gasteiger partial charge in [0.15, 0.2) is 0 Å². The second-order valence-electron chi connectivity index (χ2n) is 7.95. The number of ether oxygens (including phenoxy) is 1. The topological polar surface area (TPSA) is 77.2 Å². The summed E-state index contributed by atoms with van der Waals surface area (Å²) >= 11 is 12.1. The summed E-state index contributed by atoms with van der Waals surface area (Å²) in [6.45, 7) is 0. The van der Waals surface area contributed by atoms with E-state index in [0.29, 0.717) is 5.02 Å². The van der Waals surface area contributed by atoms with Crippen LogP contribution in [0, 0.1) is 0 Å². The minimum absolute atomic E-state index is 0.173. The van der Waals surface area contributed by atoms with Crippen molar-refractivity contribution in [2.24, 2.45) is 0 Å². The van der Waals surface area contributed by atoms with Crippen LogP contribution in [-0.4, -0.2) is 26.1 Å². The summed E-state index contributed by atoms with van der Waals surface area (Å²) in [5.74, 6) is -1.14. The minimum Gasteiger partial charge on any atom is -0.476 e. The molecule has 0 radical (unpaired) electrons. The molecule has 0 saturated carbocycles. The van der Waals surface area contributed by atoms with Crippen molar-refractivity contribution >= 4 is 29.2 Å². The lowest BCUT2D eigenvalue weighted by Gasteiger charge is -2.36. The average molecular weight is 516 g/mol. The zero-order valence-corrected chi connectivity index (χ0v) is 20.3. The van der Waals surface area contributed by atoms with Crippen molar-refractivity contribution in [1.82, 2.24) is 15.0 Å². The fourth-order valence-corrected chi connectivity index (χ4v) is 4.60. The number of hydrogen-bond donors (Lipinski definition) is 1. The van der Waals surface area contributed by atoms with E-state index in [-0.39, 0.29) is 22.3 Å². The van der Waals surface area contributed by atoms with Crippen LogP contribution in [-0.2, 0) is 5.54 Å². The van der Waals surface area contributed by atoms with Crippen LogP contribution < -0.4 is 4.74 Å². The molecule has 0 aliphatic heterocycles. The summed E-state index contributed by atoms with van der Waals surface area (Å²) in [6, 6.07) is 33.4. The maximum atomic E-state index is 12.7. The van der Waals surface area contributed by atoms with E-state index in [1.54, 1.807) is 12.1 Å². The number of carboxylic acid groups (broad SMARTS) is 1. The fraction of sp³-hybridized carbons (Fsp3) is 0.0357. The van der Waals surface area contributed by atoms with Gasteiger partial charge in [-0.25, -0.2) is 9.48 Å². The maximum absolute atomic E-state index is 12.7. The first-order valence-electron chi connectivity index (χ1n) is 11.0. The van der Waals surface area contributed by atoms with Gasteiger partial charge in [0.25, 0.3) is 5.88 Å². The molecule has 0 spiro atoms. The third kappa shape index (κ3) is 4.11. The number of aromatic nitrogens is 3. The van der Waals surface area contributed by atoms with Gasteiger partial charge in [-0.3, -0.25) is 0 Å². The lowest BCUT2D eigenvalue weighted by molar-refractivity contribution is 0.0676. The molecular formula is C28H19Cl2N3O3. The van der Waals surface area contributed by atoms with Crippen molar-refractivity contribution < 1.29 is 14.6 Å². The number of hydrogen-bond acceptors (Lipinski definition) is 4. The molecule has 0 unspecified atom stereocenters. The molecule has 0 aliphatic carbocycles. The molecule has 0 fully saturated rings. The number of carboxylic acids is 1. The van der Waals surface area contributed by atoms with E-state index in [2.05, 4.69) is 10.3 Å². The number of halogens is 2. The zero-order chi connectivity index (χ0) is 25.1. The molecule has 5 aromatic rings. The van der Waals surface area contributed by atoms with Gasteiger partial charge in [-0.15, -0.1) is 0 Å². The van der Waals surface area contributed by atoms with Crippen molar-refractivity contribution in [3.05, 3.63) is 142 Å². The largest absolute Gasteiger partial charge is 0.476 e. The van der Waals surface area contributed by atoms with Crippen LogP contribution in [0.25, 0.3) is 0 Å². The van der Waals surface area contributed by atoms with E-state index < -0.39 is 11.5 Å². The molecule has 5 rings (SSSR count). The Morgan fingerprint density at radius 2 is 1.25 bits per heavy atom. The van der Waals surface area contributed by atoms with Crippen LogP contribution in [0.3, 0.4) is 0 Å². The third-order valence-corrected chi connectivity index (χ3v) is 6.58. The fourth-order valence-electron chi connectivity index (χ4n) is 4.31. The van der Waals surface area contributed by atoms with Crippen LogP contribution in [0.1, 0.15) is 27.2 Å². The zero-order valence-electron chi connectivity index (χ0n) is 18.8.